The number of amides is 1. The van der Waals surface area contributed by atoms with E-state index in [4.69, 9.17) is 0 Å². The van der Waals surface area contributed by atoms with Gasteiger partial charge in [-0.2, -0.15) is 0 Å². The molecule has 0 aliphatic heterocycles. The molecule has 0 rings (SSSR count). The summed E-state index contributed by atoms with van der Waals surface area (Å²) in [5.41, 5.74) is 0. The first-order valence-electron chi connectivity index (χ1n) is 22.9. The number of unbranched alkanes of at least 4 members (excludes halogenated alkanes) is 28. The van der Waals surface area contributed by atoms with Crippen molar-refractivity contribution in [3.63, 3.8) is 0 Å². The molecule has 0 aromatic carbocycles. The second-order valence-corrected chi connectivity index (χ2v) is 15.4. The summed E-state index contributed by atoms with van der Waals surface area (Å²) in [6, 6.07) is -0.647. The molecule has 0 aliphatic rings. The first-order valence-corrected chi connectivity index (χ1v) is 22.9. The van der Waals surface area contributed by atoms with Crippen molar-refractivity contribution in [2.24, 2.45) is 0 Å². The normalized spacial score (nSPS) is 13.4. The van der Waals surface area contributed by atoms with Crippen molar-refractivity contribution in [3.8, 4) is 0 Å². The molecular formula is C48H89NO3. The van der Waals surface area contributed by atoms with Crippen LogP contribution in [0.1, 0.15) is 232 Å². The lowest BCUT2D eigenvalue weighted by Gasteiger charge is -2.19. The Morgan fingerprint density at radius 1 is 0.442 bits per heavy atom. The third-order valence-electron chi connectivity index (χ3n) is 10.3. The summed E-state index contributed by atoms with van der Waals surface area (Å²) in [4.78, 5) is 12.4. The zero-order chi connectivity index (χ0) is 37.8. The molecule has 0 saturated heterocycles. The van der Waals surface area contributed by atoms with E-state index in [1.165, 1.54) is 173 Å². The van der Waals surface area contributed by atoms with Gasteiger partial charge in [-0.1, -0.05) is 204 Å². The number of aliphatic hydroxyl groups excluding tert-OH is 2. The molecule has 52 heavy (non-hydrogen) atoms. The molecule has 4 nitrogen and oxygen atoms in total. The smallest absolute Gasteiger partial charge is 0.220 e. The van der Waals surface area contributed by atoms with Crippen molar-refractivity contribution in [1.29, 1.82) is 0 Å². The van der Waals surface area contributed by atoms with E-state index >= 15 is 0 Å². The van der Waals surface area contributed by atoms with Gasteiger partial charge in [0.15, 0.2) is 0 Å². The van der Waals surface area contributed by atoms with Crippen molar-refractivity contribution >= 4 is 5.91 Å². The number of allylic oxidation sites excluding steroid dienone is 7. The molecular weight excluding hydrogens is 639 g/mol. The molecule has 0 fully saturated rings. The Hall–Kier alpha value is -1.65. The zero-order valence-electron chi connectivity index (χ0n) is 34.8. The third kappa shape index (κ3) is 39.6. The number of nitrogens with one attached hydrogen (secondary N) is 1. The van der Waals surface area contributed by atoms with Crippen LogP contribution in [0.3, 0.4) is 0 Å². The quantitative estimate of drug-likeness (QED) is 0.0434. The fraction of sp³-hybridized carbons (Fsp3) is 0.812. The first kappa shape index (κ1) is 50.4. The minimum Gasteiger partial charge on any atom is -0.394 e. The molecule has 0 heterocycles. The molecule has 0 spiro atoms. The van der Waals surface area contributed by atoms with E-state index in [9.17, 15) is 15.0 Å². The summed E-state index contributed by atoms with van der Waals surface area (Å²) in [6.07, 6.45) is 59.4. The van der Waals surface area contributed by atoms with Gasteiger partial charge < -0.3 is 15.5 Å². The average molecular weight is 728 g/mol. The minimum absolute atomic E-state index is 0.0822. The number of hydrogen-bond donors (Lipinski definition) is 3. The topological polar surface area (TPSA) is 69.6 Å². The molecule has 0 radical (unpaired) electrons. The van der Waals surface area contributed by atoms with Crippen molar-refractivity contribution in [2.75, 3.05) is 6.61 Å². The van der Waals surface area contributed by atoms with Gasteiger partial charge in [0, 0.05) is 6.42 Å². The lowest BCUT2D eigenvalue weighted by molar-refractivity contribution is -0.123. The van der Waals surface area contributed by atoms with Crippen LogP contribution in [0.25, 0.3) is 0 Å². The molecule has 2 unspecified atom stereocenters. The van der Waals surface area contributed by atoms with Gasteiger partial charge in [0.1, 0.15) is 0 Å². The molecule has 0 aromatic heterocycles. The Kier molecular flexibility index (Phi) is 42.4. The maximum absolute atomic E-state index is 12.4. The second kappa shape index (κ2) is 43.8. The maximum Gasteiger partial charge on any atom is 0.220 e. The van der Waals surface area contributed by atoms with Gasteiger partial charge >= 0.3 is 0 Å². The highest BCUT2D eigenvalue weighted by Gasteiger charge is 2.17. The van der Waals surface area contributed by atoms with Gasteiger partial charge in [0.2, 0.25) is 5.91 Å². The molecule has 0 bridgehead atoms. The number of aliphatic hydroxyl groups is 2. The second-order valence-electron chi connectivity index (χ2n) is 15.4. The van der Waals surface area contributed by atoms with E-state index in [-0.39, 0.29) is 12.5 Å². The largest absolute Gasteiger partial charge is 0.394 e. The van der Waals surface area contributed by atoms with Crippen LogP contribution in [0.15, 0.2) is 48.6 Å². The number of carbonyl (C=O) groups is 1. The lowest BCUT2D eigenvalue weighted by Crippen LogP contribution is -2.45. The highest BCUT2D eigenvalue weighted by atomic mass is 16.3. The molecule has 304 valence electrons. The van der Waals surface area contributed by atoms with Gasteiger partial charge in [-0.05, 0) is 70.6 Å². The first-order chi connectivity index (χ1) is 25.7. The van der Waals surface area contributed by atoms with E-state index in [1.54, 1.807) is 6.08 Å². The average Bonchev–Trinajstić information content (AvgIpc) is 3.15. The van der Waals surface area contributed by atoms with Crippen molar-refractivity contribution in [2.45, 2.75) is 244 Å². The minimum atomic E-state index is -0.872. The van der Waals surface area contributed by atoms with Crippen LogP contribution in [0.5, 0.6) is 0 Å². The molecule has 4 heteroatoms. The lowest BCUT2D eigenvalue weighted by atomic mass is 10.0. The van der Waals surface area contributed by atoms with Crippen LogP contribution in [0.2, 0.25) is 0 Å². The van der Waals surface area contributed by atoms with Gasteiger partial charge in [0.25, 0.3) is 0 Å². The predicted octanol–water partition coefficient (Wildman–Crippen LogP) is 14.4. The Balaban J connectivity index is 3.61. The van der Waals surface area contributed by atoms with E-state index in [0.29, 0.717) is 6.42 Å². The van der Waals surface area contributed by atoms with Crippen LogP contribution in [-0.4, -0.2) is 34.9 Å². The Morgan fingerprint density at radius 2 is 0.750 bits per heavy atom. The van der Waals surface area contributed by atoms with Crippen molar-refractivity contribution in [1.82, 2.24) is 5.32 Å². The van der Waals surface area contributed by atoms with Crippen LogP contribution in [0, 0.1) is 0 Å². The number of hydrogen-bond acceptors (Lipinski definition) is 3. The van der Waals surface area contributed by atoms with Crippen LogP contribution >= 0.6 is 0 Å². The van der Waals surface area contributed by atoms with Gasteiger partial charge in [-0.25, -0.2) is 0 Å². The van der Waals surface area contributed by atoms with Crippen LogP contribution < -0.4 is 5.32 Å². The molecule has 0 aromatic rings. The molecule has 0 saturated carbocycles. The molecule has 0 aliphatic carbocycles. The van der Waals surface area contributed by atoms with Gasteiger partial charge in [-0.3, -0.25) is 4.79 Å². The summed E-state index contributed by atoms with van der Waals surface area (Å²) in [5.74, 6) is -0.0822. The molecule has 2 atom stereocenters. The number of carbonyl (C=O) groups excluding carboxylic acids is 1. The number of rotatable bonds is 41. The van der Waals surface area contributed by atoms with E-state index < -0.39 is 12.1 Å². The Labute approximate surface area is 324 Å². The Morgan fingerprint density at radius 3 is 1.12 bits per heavy atom. The standard InChI is InChI=1S/C48H89NO3/c1-3-5-7-9-11-13-15-17-19-21-22-23-24-25-26-28-30-32-34-36-38-40-42-44-48(52)49-46(45-50)47(51)43-41-39-37-35-33-31-29-27-20-18-16-14-12-10-8-6-4-2/h20,25-27,33,35,41,43,46-47,50-51H,3-19,21-24,28-32,34,36-40,42,44-45H2,1-2H3,(H,49,52)/b26-25-,27-20+,35-33+,43-41+. The molecule has 1 amide bonds. The highest BCUT2D eigenvalue weighted by Crippen LogP contribution is 2.14. The Bertz CT molecular complexity index is 831. The van der Waals surface area contributed by atoms with Crippen LogP contribution in [0.4, 0.5) is 0 Å². The summed E-state index contributed by atoms with van der Waals surface area (Å²) in [6.45, 7) is 4.29. The van der Waals surface area contributed by atoms with Crippen LogP contribution in [-0.2, 0) is 4.79 Å². The summed E-state index contributed by atoms with van der Waals surface area (Å²) in [7, 11) is 0. The summed E-state index contributed by atoms with van der Waals surface area (Å²) in [5, 5.41) is 23.0. The SMILES string of the molecule is CCCCCCCCC/C=C/CC/C=C/CC/C=C/C(O)C(CO)NC(=O)CCCCCCCCC/C=C\CCCCCCCCCCCCCC. The fourth-order valence-electron chi connectivity index (χ4n) is 6.73. The molecule has 3 N–H and O–H groups in total. The van der Waals surface area contributed by atoms with Gasteiger partial charge in [-0.15, -0.1) is 0 Å². The fourth-order valence-corrected chi connectivity index (χ4v) is 6.73. The van der Waals surface area contributed by atoms with Crippen molar-refractivity contribution in [3.05, 3.63) is 48.6 Å². The van der Waals surface area contributed by atoms with E-state index in [0.717, 1.165) is 38.5 Å². The van der Waals surface area contributed by atoms with Crippen molar-refractivity contribution < 1.29 is 15.0 Å². The summed E-state index contributed by atoms with van der Waals surface area (Å²) < 4.78 is 0. The van der Waals surface area contributed by atoms with Gasteiger partial charge in [0.05, 0.1) is 18.8 Å². The van der Waals surface area contributed by atoms with E-state index in [2.05, 4.69) is 55.6 Å². The third-order valence-corrected chi connectivity index (χ3v) is 10.3. The predicted molar refractivity (Wildman–Crippen MR) is 230 cm³/mol. The highest BCUT2D eigenvalue weighted by molar-refractivity contribution is 5.76. The van der Waals surface area contributed by atoms with E-state index in [1.807, 2.05) is 6.08 Å². The monoisotopic (exact) mass is 728 g/mol. The zero-order valence-corrected chi connectivity index (χ0v) is 34.8. The summed E-state index contributed by atoms with van der Waals surface area (Å²) >= 11 is 0. The maximum atomic E-state index is 12.4.